The Morgan fingerprint density at radius 2 is 2.00 bits per heavy atom. The quantitative estimate of drug-likeness (QED) is 0.806. The molecule has 0 bridgehead atoms. The van der Waals surface area contributed by atoms with Crippen LogP contribution in [-0.4, -0.2) is 16.0 Å². The Morgan fingerprint density at radius 3 is 2.60 bits per heavy atom. The molecule has 0 amide bonds. The minimum atomic E-state index is 0.439. The SMILES string of the molecule is Cc1ccnc(NC(C)CCC(C)C)n1. The van der Waals surface area contributed by atoms with E-state index in [2.05, 4.69) is 36.1 Å². The van der Waals surface area contributed by atoms with Crippen molar-refractivity contribution in [3.05, 3.63) is 18.0 Å². The summed E-state index contributed by atoms with van der Waals surface area (Å²) in [7, 11) is 0. The second-order valence-corrected chi connectivity index (χ2v) is 4.54. The Kier molecular flexibility index (Phi) is 4.53. The van der Waals surface area contributed by atoms with Crippen molar-refractivity contribution in [2.45, 2.75) is 46.6 Å². The number of aryl methyl sites for hydroxylation is 1. The van der Waals surface area contributed by atoms with E-state index >= 15 is 0 Å². The molecule has 0 aromatic carbocycles. The van der Waals surface area contributed by atoms with E-state index in [1.54, 1.807) is 6.20 Å². The molecule has 1 aromatic rings. The fourth-order valence-corrected chi connectivity index (χ4v) is 1.39. The number of hydrogen-bond acceptors (Lipinski definition) is 3. The summed E-state index contributed by atoms with van der Waals surface area (Å²) < 4.78 is 0. The molecule has 0 saturated heterocycles. The van der Waals surface area contributed by atoms with Crippen LogP contribution in [0.25, 0.3) is 0 Å². The Bertz CT molecular complexity index is 297. The molecule has 0 saturated carbocycles. The highest BCUT2D eigenvalue weighted by Crippen LogP contribution is 2.09. The molecular weight excluding hydrogens is 186 g/mol. The lowest BCUT2D eigenvalue weighted by molar-refractivity contribution is 0.526. The number of nitrogens with one attached hydrogen (secondary N) is 1. The third kappa shape index (κ3) is 4.77. The van der Waals surface area contributed by atoms with Gasteiger partial charge < -0.3 is 5.32 Å². The van der Waals surface area contributed by atoms with Gasteiger partial charge in [0, 0.05) is 17.9 Å². The van der Waals surface area contributed by atoms with Gasteiger partial charge in [0.15, 0.2) is 0 Å². The lowest BCUT2D eigenvalue weighted by Gasteiger charge is -2.14. The number of rotatable bonds is 5. The third-order valence-corrected chi connectivity index (χ3v) is 2.35. The Hall–Kier alpha value is -1.12. The van der Waals surface area contributed by atoms with Crippen molar-refractivity contribution < 1.29 is 0 Å². The summed E-state index contributed by atoms with van der Waals surface area (Å²) in [6.45, 7) is 8.64. The van der Waals surface area contributed by atoms with Gasteiger partial charge in [-0.15, -0.1) is 0 Å². The number of aromatic nitrogens is 2. The first-order valence-electron chi connectivity index (χ1n) is 5.64. The first-order valence-corrected chi connectivity index (χ1v) is 5.64. The van der Waals surface area contributed by atoms with Gasteiger partial charge in [0.05, 0.1) is 0 Å². The van der Waals surface area contributed by atoms with Crippen molar-refractivity contribution in [3.8, 4) is 0 Å². The third-order valence-electron chi connectivity index (χ3n) is 2.35. The number of hydrogen-bond donors (Lipinski definition) is 1. The zero-order chi connectivity index (χ0) is 11.3. The fraction of sp³-hybridized carbons (Fsp3) is 0.667. The van der Waals surface area contributed by atoms with Gasteiger partial charge in [-0.2, -0.15) is 0 Å². The largest absolute Gasteiger partial charge is 0.352 e. The molecule has 1 N–H and O–H groups in total. The van der Waals surface area contributed by atoms with Crippen molar-refractivity contribution in [2.75, 3.05) is 5.32 Å². The molecule has 1 heterocycles. The van der Waals surface area contributed by atoms with E-state index in [1.165, 1.54) is 6.42 Å². The molecule has 15 heavy (non-hydrogen) atoms. The van der Waals surface area contributed by atoms with Crippen LogP contribution in [0.15, 0.2) is 12.3 Å². The van der Waals surface area contributed by atoms with Crippen LogP contribution >= 0.6 is 0 Å². The normalized spacial score (nSPS) is 12.9. The van der Waals surface area contributed by atoms with Gasteiger partial charge in [-0.25, -0.2) is 9.97 Å². The van der Waals surface area contributed by atoms with Crippen LogP contribution in [0.3, 0.4) is 0 Å². The van der Waals surface area contributed by atoms with Crippen molar-refractivity contribution >= 4 is 5.95 Å². The Morgan fingerprint density at radius 1 is 1.27 bits per heavy atom. The summed E-state index contributed by atoms with van der Waals surface area (Å²) in [5, 5.41) is 3.32. The zero-order valence-corrected chi connectivity index (χ0v) is 10.1. The van der Waals surface area contributed by atoms with Gasteiger partial charge in [-0.3, -0.25) is 0 Å². The smallest absolute Gasteiger partial charge is 0.223 e. The van der Waals surface area contributed by atoms with Gasteiger partial charge in [0.2, 0.25) is 5.95 Å². The maximum atomic E-state index is 4.32. The van der Waals surface area contributed by atoms with Gasteiger partial charge in [0.25, 0.3) is 0 Å². The van der Waals surface area contributed by atoms with Crippen molar-refractivity contribution in [1.29, 1.82) is 0 Å². The molecule has 3 nitrogen and oxygen atoms in total. The molecule has 0 radical (unpaired) electrons. The first kappa shape index (κ1) is 12.0. The predicted octanol–water partition coefficient (Wildman–Crippen LogP) is 3.02. The monoisotopic (exact) mass is 207 g/mol. The molecule has 1 rings (SSSR count). The van der Waals surface area contributed by atoms with E-state index in [0.29, 0.717) is 6.04 Å². The van der Waals surface area contributed by atoms with Crippen LogP contribution in [0.2, 0.25) is 0 Å². The van der Waals surface area contributed by atoms with E-state index < -0.39 is 0 Å². The molecule has 0 spiro atoms. The molecule has 1 aromatic heterocycles. The molecule has 3 heteroatoms. The second-order valence-electron chi connectivity index (χ2n) is 4.54. The standard InChI is InChI=1S/C12H21N3/c1-9(2)5-6-10(3)14-12-13-8-7-11(4)15-12/h7-10H,5-6H2,1-4H3,(H,13,14,15). The Labute approximate surface area is 92.3 Å². The highest BCUT2D eigenvalue weighted by atomic mass is 15.1. The molecule has 84 valence electrons. The maximum absolute atomic E-state index is 4.32. The maximum Gasteiger partial charge on any atom is 0.223 e. The number of anilines is 1. The van der Waals surface area contributed by atoms with E-state index in [9.17, 15) is 0 Å². The molecule has 0 aliphatic carbocycles. The summed E-state index contributed by atoms with van der Waals surface area (Å²) in [6, 6.07) is 2.35. The summed E-state index contributed by atoms with van der Waals surface area (Å²) >= 11 is 0. The van der Waals surface area contributed by atoms with Gasteiger partial charge in [-0.05, 0) is 38.7 Å². The van der Waals surface area contributed by atoms with E-state index in [1.807, 2.05) is 13.0 Å². The van der Waals surface area contributed by atoms with Crippen LogP contribution in [0.4, 0.5) is 5.95 Å². The van der Waals surface area contributed by atoms with E-state index in [0.717, 1.165) is 24.0 Å². The van der Waals surface area contributed by atoms with E-state index in [4.69, 9.17) is 0 Å². The first-order chi connectivity index (χ1) is 7.08. The lowest BCUT2D eigenvalue weighted by atomic mass is 10.0. The van der Waals surface area contributed by atoms with Crippen LogP contribution in [-0.2, 0) is 0 Å². The van der Waals surface area contributed by atoms with Gasteiger partial charge >= 0.3 is 0 Å². The van der Waals surface area contributed by atoms with Gasteiger partial charge in [-0.1, -0.05) is 13.8 Å². The molecule has 1 atom stereocenters. The minimum Gasteiger partial charge on any atom is -0.352 e. The molecular formula is C12H21N3. The topological polar surface area (TPSA) is 37.8 Å². The van der Waals surface area contributed by atoms with Crippen molar-refractivity contribution in [1.82, 2.24) is 9.97 Å². The van der Waals surface area contributed by atoms with Crippen LogP contribution in [0.1, 0.15) is 39.3 Å². The summed E-state index contributed by atoms with van der Waals surface area (Å²) in [5.41, 5.74) is 1.00. The fourth-order valence-electron chi connectivity index (χ4n) is 1.39. The minimum absolute atomic E-state index is 0.439. The highest BCUT2D eigenvalue weighted by Gasteiger charge is 2.05. The number of nitrogens with zero attached hydrogens (tertiary/aromatic N) is 2. The lowest BCUT2D eigenvalue weighted by Crippen LogP contribution is -2.17. The predicted molar refractivity (Wildman–Crippen MR) is 63.9 cm³/mol. The van der Waals surface area contributed by atoms with Crippen molar-refractivity contribution in [3.63, 3.8) is 0 Å². The summed E-state index contributed by atoms with van der Waals surface area (Å²) in [4.78, 5) is 8.50. The highest BCUT2D eigenvalue weighted by molar-refractivity contribution is 5.25. The summed E-state index contributed by atoms with van der Waals surface area (Å²) in [5.74, 6) is 1.50. The average molecular weight is 207 g/mol. The van der Waals surface area contributed by atoms with Crippen LogP contribution in [0.5, 0.6) is 0 Å². The summed E-state index contributed by atoms with van der Waals surface area (Å²) in [6.07, 6.45) is 4.19. The molecule has 0 aliphatic heterocycles. The molecule has 0 aliphatic rings. The molecule has 1 unspecified atom stereocenters. The van der Waals surface area contributed by atoms with E-state index in [-0.39, 0.29) is 0 Å². The average Bonchev–Trinajstić information content (AvgIpc) is 2.15. The molecule has 0 fully saturated rings. The van der Waals surface area contributed by atoms with Gasteiger partial charge in [0.1, 0.15) is 0 Å². The second kappa shape index (κ2) is 5.69. The van der Waals surface area contributed by atoms with Crippen LogP contribution < -0.4 is 5.32 Å². The Balaban J connectivity index is 2.40. The van der Waals surface area contributed by atoms with Crippen LogP contribution in [0, 0.1) is 12.8 Å². The van der Waals surface area contributed by atoms with Crippen molar-refractivity contribution in [2.24, 2.45) is 5.92 Å². The zero-order valence-electron chi connectivity index (χ0n) is 10.1.